The second kappa shape index (κ2) is 9.02. The summed E-state index contributed by atoms with van der Waals surface area (Å²) in [5, 5.41) is 11.6. The van der Waals surface area contributed by atoms with Crippen molar-refractivity contribution in [3.63, 3.8) is 0 Å². The quantitative estimate of drug-likeness (QED) is 0.453. The number of nitro groups is 1. The van der Waals surface area contributed by atoms with Crippen molar-refractivity contribution in [2.24, 2.45) is 5.92 Å². The minimum Gasteiger partial charge on any atom is -0.378 e. The fraction of sp³-hybridized carbons (Fsp3) is 0.600. The van der Waals surface area contributed by atoms with E-state index in [2.05, 4.69) is 0 Å². The predicted octanol–water partition coefficient (Wildman–Crippen LogP) is 0.151. The second-order valence-corrected chi connectivity index (χ2v) is 10.5. The molecule has 3 fully saturated rings. The van der Waals surface area contributed by atoms with Gasteiger partial charge in [0.25, 0.3) is 11.6 Å². The predicted molar refractivity (Wildman–Crippen MR) is 115 cm³/mol. The smallest absolute Gasteiger partial charge is 0.293 e. The highest BCUT2D eigenvalue weighted by molar-refractivity contribution is 7.91. The van der Waals surface area contributed by atoms with Gasteiger partial charge in [-0.25, -0.2) is 8.42 Å². The summed E-state index contributed by atoms with van der Waals surface area (Å²) < 4.78 is 28.6. The lowest BCUT2D eigenvalue weighted by Crippen LogP contribution is -2.52. The molecule has 32 heavy (non-hydrogen) atoms. The number of hydrogen-bond donors (Lipinski definition) is 0. The number of morpholine rings is 1. The van der Waals surface area contributed by atoms with Gasteiger partial charge >= 0.3 is 0 Å². The van der Waals surface area contributed by atoms with E-state index in [0.717, 1.165) is 0 Å². The zero-order chi connectivity index (χ0) is 22.9. The SMILES string of the molecule is O=C(c1ccc(N2CCOCC2)c([N+](=O)[O-])c1)N1CCN(C(=O)[C@H]2CCS(=O)(=O)C2)CC1. The van der Waals surface area contributed by atoms with Gasteiger partial charge in [0.2, 0.25) is 5.91 Å². The molecule has 0 unspecified atom stereocenters. The van der Waals surface area contributed by atoms with Crippen LogP contribution in [-0.2, 0) is 19.4 Å². The molecule has 4 rings (SSSR count). The first kappa shape index (κ1) is 22.5. The molecule has 1 aromatic carbocycles. The molecular weight excluding hydrogens is 440 g/mol. The standard InChI is InChI=1S/C20H26N4O7S/c25-19(15-1-2-17(18(13-15)24(27)28)21-8-10-31-11-9-21)22-4-6-23(7-5-22)20(26)16-3-12-32(29,30)14-16/h1-2,13,16H,3-12,14H2/t16-/m0/s1. The third kappa shape index (κ3) is 4.70. The molecule has 3 heterocycles. The minimum absolute atomic E-state index is 0.0427. The number of carbonyl (C=O) groups is 2. The maximum absolute atomic E-state index is 13.0. The number of nitro benzene ring substituents is 1. The van der Waals surface area contributed by atoms with E-state index in [9.17, 15) is 28.1 Å². The maximum atomic E-state index is 13.0. The van der Waals surface area contributed by atoms with Crippen LogP contribution in [0.5, 0.6) is 0 Å². The Bertz CT molecular complexity index is 1010. The van der Waals surface area contributed by atoms with Gasteiger partial charge < -0.3 is 19.4 Å². The third-order valence-corrected chi connectivity index (χ3v) is 8.00. The maximum Gasteiger partial charge on any atom is 0.293 e. The van der Waals surface area contributed by atoms with Crippen LogP contribution >= 0.6 is 0 Å². The Labute approximate surface area is 186 Å². The van der Waals surface area contributed by atoms with E-state index in [4.69, 9.17) is 4.74 Å². The van der Waals surface area contributed by atoms with E-state index < -0.39 is 20.7 Å². The third-order valence-electron chi connectivity index (χ3n) is 6.23. The molecule has 0 radical (unpaired) electrons. The number of rotatable bonds is 4. The van der Waals surface area contributed by atoms with E-state index in [-0.39, 0.29) is 34.6 Å². The van der Waals surface area contributed by atoms with Gasteiger partial charge in [0.15, 0.2) is 9.84 Å². The highest BCUT2D eigenvalue weighted by atomic mass is 32.2. The van der Waals surface area contributed by atoms with E-state index in [1.54, 1.807) is 21.9 Å². The van der Waals surface area contributed by atoms with Crippen molar-refractivity contribution in [3.8, 4) is 0 Å². The van der Waals surface area contributed by atoms with Crippen LogP contribution in [0.4, 0.5) is 11.4 Å². The summed E-state index contributed by atoms with van der Waals surface area (Å²) in [7, 11) is -3.14. The molecule has 1 aromatic rings. The van der Waals surface area contributed by atoms with Gasteiger partial charge in [0.1, 0.15) is 5.69 Å². The van der Waals surface area contributed by atoms with Crippen LogP contribution in [-0.4, -0.2) is 98.9 Å². The Morgan fingerprint density at radius 3 is 2.28 bits per heavy atom. The number of anilines is 1. The first-order valence-corrected chi connectivity index (χ1v) is 12.5. The molecule has 3 saturated heterocycles. The molecule has 0 N–H and O–H groups in total. The lowest BCUT2D eigenvalue weighted by atomic mass is 10.1. The van der Waals surface area contributed by atoms with Gasteiger partial charge in [-0.05, 0) is 18.6 Å². The summed E-state index contributed by atoms with van der Waals surface area (Å²) in [6.45, 7) is 3.30. The molecule has 3 aliphatic rings. The van der Waals surface area contributed by atoms with Gasteiger partial charge in [0, 0.05) is 50.9 Å². The summed E-state index contributed by atoms with van der Waals surface area (Å²) in [5.74, 6) is -1.07. The number of benzene rings is 1. The number of nitrogens with zero attached hydrogens (tertiary/aromatic N) is 4. The van der Waals surface area contributed by atoms with E-state index in [1.807, 2.05) is 4.90 Å². The summed E-state index contributed by atoms with van der Waals surface area (Å²) in [4.78, 5) is 41.8. The number of sulfone groups is 1. The number of ether oxygens (including phenoxy) is 1. The van der Waals surface area contributed by atoms with Crippen LogP contribution in [0.2, 0.25) is 0 Å². The molecule has 3 aliphatic heterocycles. The van der Waals surface area contributed by atoms with Gasteiger partial charge in [0.05, 0.1) is 35.6 Å². The molecular formula is C20H26N4O7S. The number of carbonyl (C=O) groups excluding carboxylic acids is 2. The molecule has 0 aliphatic carbocycles. The second-order valence-electron chi connectivity index (χ2n) is 8.28. The molecule has 1 atom stereocenters. The molecule has 2 amide bonds. The first-order valence-electron chi connectivity index (χ1n) is 10.6. The highest BCUT2D eigenvalue weighted by Crippen LogP contribution is 2.30. The van der Waals surface area contributed by atoms with Crippen LogP contribution in [0, 0.1) is 16.0 Å². The van der Waals surface area contributed by atoms with E-state index in [0.29, 0.717) is 64.6 Å². The largest absolute Gasteiger partial charge is 0.378 e. The van der Waals surface area contributed by atoms with Crippen molar-refractivity contribution in [2.45, 2.75) is 6.42 Å². The summed E-state index contributed by atoms with van der Waals surface area (Å²) in [5.41, 5.74) is 0.584. The average molecular weight is 467 g/mol. The van der Waals surface area contributed by atoms with E-state index >= 15 is 0 Å². The summed E-state index contributed by atoms with van der Waals surface area (Å²) in [6.07, 6.45) is 0.347. The molecule has 0 saturated carbocycles. The summed E-state index contributed by atoms with van der Waals surface area (Å²) in [6, 6.07) is 4.52. The molecule has 0 spiro atoms. The lowest BCUT2D eigenvalue weighted by molar-refractivity contribution is -0.384. The van der Waals surface area contributed by atoms with Crippen LogP contribution in [0.25, 0.3) is 0 Å². The molecule has 11 nitrogen and oxygen atoms in total. The van der Waals surface area contributed by atoms with Crippen LogP contribution < -0.4 is 4.90 Å². The highest BCUT2D eigenvalue weighted by Gasteiger charge is 2.37. The molecule has 12 heteroatoms. The fourth-order valence-electron chi connectivity index (χ4n) is 4.43. The van der Waals surface area contributed by atoms with Crippen molar-refractivity contribution in [1.82, 2.24) is 9.80 Å². The van der Waals surface area contributed by atoms with Gasteiger partial charge in [-0.15, -0.1) is 0 Å². The zero-order valence-corrected chi connectivity index (χ0v) is 18.5. The van der Waals surface area contributed by atoms with Crippen molar-refractivity contribution in [2.75, 3.05) is 68.9 Å². The van der Waals surface area contributed by atoms with Gasteiger partial charge in [-0.1, -0.05) is 0 Å². The monoisotopic (exact) mass is 466 g/mol. The Balaban J connectivity index is 1.41. The van der Waals surface area contributed by atoms with Crippen LogP contribution in [0.1, 0.15) is 16.8 Å². The van der Waals surface area contributed by atoms with Crippen LogP contribution in [0.3, 0.4) is 0 Å². The van der Waals surface area contributed by atoms with Crippen molar-refractivity contribution in [3.05, 3.63) is 33.9 Å². The normalized spacial score (nSPS) is 23.2. The Morgan fingerprint density at radius 1 is 1.03 bits per heavy atom. The van der Waals surface area contributed by atoms with Crippen molar-refractivity contribution in [1.29, 1.82) is 0 Å². The van der Waals surface area contributed by atoms with Gasteiger partial charge in [-0.2, -0.15) is 0 Å². The molecule has 174 valence electrons. The Hall–Kier alpha value is -2.73. The number of piperazine rings is 1. The molecule has 0 aromatic heterocycles. The Kier molecular flexibility index (Phi) is 6.33. The van der Waals surface area contributed by atoms with Crippen LogP contribution in [0.15, 0.2) is 18.2 Å². The fourth-order valence-corrected chi connectivity index (χ4v) is 6.17. The first-order chi connectivity index (χ1) is 15.2. The number of hydrogen-bond acceptors (Lipinski definition) is 8. The topological polar surface area (TPSA) is 130 Å². The zero-order valence-electron chi connectivity index (χ0n) is 17.6. The Morgan fingerprint density at radius 2 is 1.69 bits per heavy atom. The van der Waals surface area contributed by atoms with Crippen molar-refractivity contribution < 1.29 is 27.7 Å². The minimum atomic E-state index is -3.14. The van der Waals surface area contributed by atoms with Gasteiger partial charge in [-0.3, -0.25) is 19.7 Å². The summed E-state index contributed by atoms with van der Waals surface area (Å²) >= 11 is 0. The average Bonchev–Trinajstić information content (AvgIpc) is 3.18. The number of amides is 2. The lowest BCUT2D eigenvalue weighted by Gasteiger charge is -2.36. The van der Waals surface area contributed by atoms with Crippen molar-refractivity contribution >= 4 is 33.0 Å². The molecule has 0 bridgehead atoms. The van der Waals surface area contributed by atoms with E-state index in [1.165, 1.54) is 6.07 Å².